The second-order valence-electron chi connectivity index (χ2n) is 5.28. The molecule has 21 heavy (non-hydrogen) atoms. The standard InChI is InChI=1S/C15H23N3O2S/c1-3-13-12-5-9-21-14(12)4-8-18(13)10-15(20)17-7-6-16-11(2)19/h5,9,13H,3-4,6-8,10H2,1-2H3,(H,16,19)(H,17,20)/t13-/m1/s1. The maximum absolute atomic E-state index is 12.0. The monoisotopic (exact) mass is 309 g/mol. The van der Waals surface area contributed by atoms with E-state index in [0.717, 1.165) is 19.4 Å². The summed E-state index contributed by atoms with van der Waals surface area (Å²) in [5, 5.41) is 7.67. The van der Waals surface area contributed by atoms with Crippen LogP contribution in [0.5, 0.6) is 0 Å². The van der Waals surface area contributed by atoms with Crippen LogP contribution in [-0.4, -0.2) is 42.9 Å². The van der Waals surface area contributed by atoms with Crippen molar-refractivity contribution in [2.75, 3.05) is 26.2 Å². The van der Waals surface area contributed by atoms with Crippen molar-refractivity contribution in [2.45, 2.75) is 32.7 Å². The fourth-order valence-electron chi connectivity index (χ4n) is 2.80. The van der Waals surface area contributed by atoms with Gasteiger partial charge >= 0.3 is 0 Å². The first kappa shape index (κ1) is 16.0. The minimum absolute atomic E-state index is 0.0254. The van der Waals surface area contributed by atoms with Crippen LogP contribution in [0.4, 0.5) is 0 Å². The highest BCUT2D eigenvalue weighted by Gasteiger charge is 2.27. The molecule has 0 aromatic carbocycles. The number of thiophene rings is 1. The number of carbonyl (C=O) groups excluding carboxylic acids is 2. The van der Waals surface area contributed by atoms with E-state index in [4.69, 9.17) is 0 Å². The van der Waals surface area contributed by atoms with E-state index in [0.29, 0.717) is 25.7 Å². The lowest BCUT2D eigenvalue weighted by Crippen LogP contribution is -2.43. The van der Waals surface area contributed by atoms with Crippen LogP contribution in [0.2, 0.25) is 0 Å². The van der Waals surface area contributed by atoms with Gasteiger partial charge in [-0.2, -0.15) is 0 Å². The van der Waals surface area contributed by atoms with E-state index in [9.17, 15) is 9.59 Å². The highest BCUT2D eigenvalue weighted by Crippen LogP contribution is 2.34. The molecule has 0 saturated heterocycles. The fraction of sp³-hybridized carbons (Fsp3) is 0.600. The number of amides is 2. The van der Waals surface area contributed by atoms with Gasteiger partial charge in [0.2, 0.25) is 11.8 Å². The van der Waals surface area contributed by atoms with E-state index < -0.39 is 0 Å². The van der Waals surface area contributed by atoms with Crippen molar-refractivity contribution in [3.8, 4) is 0 Å². The average molecular weight is 309 g/mol. The lowest BCUT2D eigenvalue weighted by molar-refractivity contribution is -0.123. The van der Waals surface area contributed by atoms with Crippen LogP contribution in [0.3, 0.4) is 0 Å². The first-order chi connectivity index (χ1) is 10.1. The van der Waals surface area contributed by atoms with Crippen molar-refractivity contribution >= 4 is 23.2 Å². The van der Waals surface area contributed by atoms with Gasteiger partial charge in [0.05, 0.1) is 6.54 Å². The molecule has 2 N–H and O–H groups in total. The molecule has 5 nitrogen and oxygen atoms in total. The number of rotatable bonds is 6. The zero-order chi connectivity index (χ0) is 15.2. The molecule has 1 aliphatic heterocycles. The second-order valence-corrected chi connectivity index (χ2v) is 6.28. The Morgan fingerprint density at radius 1 is 1.38 bits per heavy atom. The Hall–Kier alpha value is -1.40. The molecule has 0 spiro atoms. The lowest BCUT2D eigenvalue weighted by Gasteiger charge is -2.34. The number of carbonyl (C=O) groups is 2. The fourth-order valence-corrected chi connectivity index (χ4v) is 3.72. The summed E-state index contributed by atoms with van der Waals surface area (Å²) in [4.78, 5) is 26.5. The Balaban J connectivity index is 1.82. The molecule has 0 saturated carbocycles. The third-order valence-electron chi connectivity index (χ3n) is 3.76. The Bertz CT molecular complexity index is 501. The van der Waals surface area contributed by atoms with Crippen LogP contribution in [0.15, 0.2) is 11.4 Å². The van der Waals surface area contributed by atoms with Crippen LogP contribution in [0, 0.1) is 0 Å². The van der Waals surface area contributed by atoms with Gasteiger partial charge in [0.1, 0.15) is 0 Å². The molecule has 0 unspecified atom stereocenters. The van der Waals surface area contributed by atoms with Crippen LogP contribution >= 0.6 is 11.3 Å². The van der Waals surface area contributed by atoms with E-state index >= 15 is 0 Å². The molecule has 1 aliphatic rings. The summed E-state index contributed by atoms with van der Waals surface area (Å²) >= 11 is 1.82. The van der Waals surface area contributed by atoms with Gasteiger partial charge in [-0.05, 0) is 29.9 Å². The van der Waals surface area contributed by atoms with Crippen molar-refractivity contribution in [2.24, 2.45) is 0 Å². The zero-order valence-electron chi connectivity index (χ0n) is 12.6. The minimum Gasteiger partial charge on any atom is -0.355 e. The Labute approximate surface area is 129 Å². The van der Waals surface area contributed by atoms with Crippen LogP contribution < -0.4 is 10.6 Å². The molecular weight excluding hydrogens is 286 g/mol. The van der Waals surface area contributed by atoms with E-state index in [1.807, 2.05) is 11.3 Å². The third kappa shape index (κ3) is 4.28. The predicted octanol–water partition coefficient (Wildman–Crippen LogP) is 1.31. The number of hydrogen-bond donors (Lipinski definition) is 2. The van der Waals surface area contributed by atoms with E-state index in [1.165, 1.54) is 17.4 Å². The van der Waals surface area contributed by atoms with Crippen molar-refractivity contribution in [1.29, 1.82) is 0 Å². The van der Waals surface area contributed by atoms with Gasteiger partial charge in [-0.15, -0.1) is 11.3 Å². The first-order valence-electron chi connectivity index (χ1n) is 7.43. The molecule has 0 bridgehead atoms. The van der Waals surface area contributed by atoms with Gasteiger partial charge in [-0.3, -0.25) is 14.5 Å². The summed E-state index contributed by atoms with van der Waals surface area (Å²) < 4.78 is 0. The lowest BCUT2D eigenvalue weighted by atomic mass is 9.98. The molecule has 2 heterocycles. The van der Waals surface area contributed by atoms with Crippen molar-refractivity contribution < 1.29 is 9.59 Å². The van der Waals surface area contributed by atoms with Crippen molar-refractivity contribution in [3.63, 3.8) is 0 Å². The molecule has 1 atom stereocenters. The zero-order valence-corrected chi connectivity index (χ0v) is 13.5. The molecule has 0 fully saturated rings. The number of hydrogen-bond acceptors (Lipinski definition) is 4. The molecule has 1 aromatic rings. The van der Waals surface area contributed by atoms with Gasteiger partial charge in [0.15, 0.2) is 0 Å². The summed E-state index contributed by atoms with van der Waals surface area (Å²) in [5.41, 5.74) is 1.39. The Morgan fingerprint density at radius 3 is 2.86 bits per heavy atom. The van der Waals surface area contributed by atoms with Gasteiger partial charge in [0.25, 0.3) is 0 Å². The maximum atomic E-state index is 12.0. The summed E-state index contributed by atoms with van der Waals surface area (Å²) in [6, 6.07) is 2.54. The summed E-state index contributed by atoms with van der Waals surface area (Å²) in [7, 11) is 0. The molecule has 0 aliphatic carbocycles. The van der Waals surface area contributed by atoms with Gasteiger partial charge in [-0.25, -0.2) is 0 Å². The predicted molar refractivity (Wildman–Crippen MR) is 84.3 cm³/mol. The Morgan fingerprint density at radius 2 is 2.14 bits per heavy atom. The molecule has 0 radical (unpaired) electrons. The summed E-state index contributed by atoms with van der Waals surface area (Å²) in [5.74, 6) is -0.0474. The average Bonchev–Trinajstić information content (AvgIpc) is 2.91. The van der Waals surface area contributed by atoms with E-state index in [2.05, 4.69) is 33.9 Å². The molecule has 116 valence electrons. The van der Waals surface area contributed by atoms with Crippen LogP contribution in [0.25, 0.3) is 0 Å². The summed E-state index contributed by atoms with van der Waals surface area (Å²) in [6.07, 6.45) is 2.05. The number of nitrogens with zero attached hydrogens (tertiary/aromatic N) is 1. The Kier molecular flexibility index (Phi) is 5.76. The topological polar surface area (TPSA) is 61.4 Å². The van der Waals surface area contributed by atoms with Gasteiger partial charge < -0.3 is 10.6 Å². The summed E-state index contributed by atoms with van der Waals surface area (Å²) in [6.45, 7) is 5.96. The normalized spacial score (nSPS) is 18.1. The number of nitrogens with one attached hydrogen (secondary N) is 2. The first-order valence-corrected chi connectivity index (χ1v) is 8.31. The maximum Gasteiger partial charge on any atom is 0.234 e. The molecule has 6 heteroatoms. The minimum atomic E-state index is -0.0729. The SMILES string of the molecule is CC[C@@H]1c2ccsc2CCN1CC(=O)NCCNC(C)=O. The van der Waals surface area contributed by atoms with Gasteiger partial charge in [-0.1, -0.05) is 6.92 Å². The smallest absolute Gasteiger partial charge is 0.234 e. The van der Waals surface area contributed by atoms with Crippen molar-refractivity contribution in [1.82, 2.24) is 15.5 Å². The van der Waals surface area contributed by atoms with Gasteiger partial charge in [0, 0.05) is 37.5 Å². The highest BCUT2D eigenvalue weighted by molar-refractivity contribution is 7.10. The van der Waals surface area contributed by atoms with Crippen LogP contribution in [-0.2, 0) is 16.0 Å². The van der Waals surface area contributed by atoms with Crippen molar-refractivity contribution in [3.05, 3.63) is 21.9 Å². The molecular formula is C15H23N3O2S. The quantitative estimate of drug-likeness (QED) is 0.779. The molecule has 2 amide bonds. The largest absolute Gasteiger partial charge is 0.355 e. The van der Waals surface area contributed by atoms with E-state index in [-0.39, 0.29) is 11.8 Å². The van der Waals surface area contributed by atoms with E-state index in [1.54, 1.807) is 0 Å². The second kappa shape index (κ2) is 7.56. The molecule has 2 rings (SSSR count). The van der Waals surface area contributed by atoms with Crippen LogP contribution in [0.1, 0.15) is 36.8 Å². The highest BCUT2D eigenvalue weighted by atomic mass is 32.1. The molecule has 1 aromatic heterocycles. The third-order valence-corrected chi connectivity index (χ3v) is 4.76. The number of fused-ring (bicyclic) bond motifs is 1.